The molecule has 0 atom stereocenters. The number of nitrogens with zero attached hydrogens (tertiary/aromatic N) is 2. The Bertz CT molecular complexity index is 615. The van der Waals surface area contributed by atoms with Gasteiger partial charge in [0.05, 0.1) is 14.2 Å². The first-order chi connectivity index (χ1) is 12.8. The Morgan fingerprint density at radius 3 is 1.35 bits per heavy atom. The maximum atomic E-state index is 5.14. The van der Waals surface area contributed by atoms with Gasteiger partial charge in [0.2, 0.25) is 0 Å². The molecule has 138 valence electrons. The Morgan fingerprint density at radius 1 is 0.615 bits per heavy atom. The number of aliphatic imine (C=N–C) groups is 2. The molecule has 0 radical (unpaired) electrons. The van der Waals surface area contributed by atoms with Gasteiger partial charge in [-0.2, -0.15) is 0 Å². The van der Waals surface area contributed by atoms with Crippen molar-refractivity contribution >= 4 is 12.4 Å². The molecule has 4 nitrogen and oxygen atoms in total. The van der Waals surface area contributed by atoms with E-state index in [-0.39, 0.29) is 0 Å². The molecule has 0 aliphatic carbocycles. The molecule has 0 fully saturated rings. The second-order valence-electron chi connectivity index (χ2n) is 6.03. The van der Waals surface area contributed by atoms with Crippen molar-refractivity contribution in [2.75, 3.05) is 27.3 Å². The number of hydrogen-bond acceptors (Lipinski definition) is 4. The van der Waals surface area contributed by atoms with Gasteiger partial charge < -0.3 is 9.47 Å². The lowest BCUT2D eigenvalue weighted by Gasteiger charge is -2.00. The highest BCUT2D eigenvalue weighted by Crippen LogP contribution is 2.11. The maximum absolute atomic E-state index is 5.14. The molecule has 0 saturated heterocycles. The maximum Gasteiger partial charge on any atom is 0.118 e. The van der Waals surface area contributed by atoms with Gasteiger partial charge in [0.15, 0.2) is 0 Å². The predicted molar refractivity (Wildman–Crippen MR) is 109 cm³/mol. The topological polar surface area (TPSA) is 43.2 Å². The van der Waals surface area contributed by atoms with E-state index in [0.29, 0.717) is 0 Å². The Labute approximate surface area is 156 Å². The van der Waals surface area contributed by atoms with E-state index in [1.165, 1.54) is 12.8 Å². The van der Waals surface area contributed by atoms with Crippen LogP contribution in [0.4, 0.5) is 0 Å². The van der Waals surface area contributed by atoms with Crippen LogP contribution in [0.2, 0.25) is 0 Å². The first kappa shape index (κ1) is 19.7. The molecular weight excluding hydrogens is 324 g/mol. The van der Waals surface area contributed by atoms with Gasteiger partial charge in [-0.25, -0.2) is 0 Å². The van der Waals surface area contributed by atoms with Crippen LogP contribution < -0.4 is 9.47 Å². The smallest absolute Gasteiger partial charge is 0.118 e. The predicted octanol–water partition coefficient (Wildman–Crippen LogP) is 4.80. The fourth-order valence-corrected chi connectivity index (χ4v) is 2.48. The van der Waals surface area contributed by atoms with Crippen molar-refractivity contribution in [2.45, 2.75) is 25.7 Å². The monoisotopic (exact) mass is 352 g/mol. The van der Waals surface area contributed by atoms with Crippen LogP contribution in [0.3, 0.4) is 0 Å². The second-order valence-corrected chi connectivity index (χ2v) is 6.03. The molecule has 2 aromatic carbocycles. The highest BCUT2D eigenvalue weighted by atomic mass is 16.5. The van der Waals surface area contributed by atoms with E-state index in [9.17, 15) is 0 Å². The van der Waals surface area contributed by atoms with Crippen LogP contribution in [-0.2, 0) is 0 Å². The van der Waals surface area contributed by atoms with Crippen LogP contribution in [0.5, 0.6) is 11.5 Å². The second kappa shape index (κ2) is 11.9. The molecule has 0 bridgehead atoms. The molecule has 4 heteroatoms. The van der Waals surface area contributed by atoms with Gasteiger partial charge in [0.1, 0.15) is 11.5 Å². The van der Waals surface area contributed by atoms with E-state index in [4.69, 9.17) is 9.47 Å². The van der Waals surface area contributed by atoms with Crippen molar-refractivity contribution in [3.8, 4) is 11.5 Å². The number of hydrogen-bond donors (Lipinski definition) is 0. The molecule has 0 heterocycles. The summed E-state index contributed by atoms with van der Waals surface area (Å²) in [5.41, 5.74) is 2.22. The molecule has 2 aromatic rings. The molecule has 0 amide bonds. The number of benzene rings is 2. The number of methoxy groups -OCH3 is 2. The summed E-state index contributed by atoms with van der Waals surface area (Å²) < 4.78 is 10.3. The van der Waals surface area contributed by atoms with E-state index in [1.54, 1.807) is 14.2 Å². The fourth-order valence-electron chi connectivity index (χ4n) is 2.48. The minimum Gasteiger partial charge on any atom is -0.497 e. The quantitative estimate of drug-likeness (QED) is 0.430. The van der Waals surface area contributed by atoms with Gasteiger partial charge >= 0.3 is 0 Å². The van der Waals surface area contributed by atoms with Crippen molar-refractivity contribution in [1.29, 1.82) is 0 Å². The highest BCUT2D eigenvalue weighted by molar-refractivity contribution is 5.80. The summed E-state index contributed by atoms with van der Waals surface area (Å²) >= 11 is 0. The number of ether oxygens (including phenoxy) is 2. The molecule has 0 N–H and O–H groups in total. The normalized spacial score (nSPS) is 11.3. The van der Waals surface area contributed by atoms with Gasteiger partial charge in [-0.05, 0) is 72.5 Å². The molecule has 0 unspecified atom stereocenters. The summed E-state index contributed by atoms with van der Waals surface area (Å²) in [5.74, 6) is 1.74. The molecular formula is C22H28N2O2. The zero-order chi connectivity index (χ0) is 18.5. The van der Waals surface area contributed by atoms with Gasteiger partial charge in [0, 0.05) is 25.5 Å². The average molecular weight is 352 g/mol. The van der Waals surface area contributed by atoms with E-state index in [1.807, 2.05) is 61.0 Å². The van der Waals surface area contributed by atoms with Crippen molar-refractivity contribution in [1.82, 2.24) is 0 Å². The van der Waals surface area contributed by atoms with Crippen LogP contribution in [0, 0.1) is 0 Å². The Hall–Kier alpha value is -2.62. The zero-order valence-corrected chi connectivity index (χ0v) is 15.7. The van der Waals surface area contributed by atoms with Crippen LogP contribution in [0.25, 0.3) is 0 Å². The van der Waals surface area contributed by atoms with Crippen molar-refractivity contribution in [3.63, 3.8) is 0 Å². The molecule has 0 aliphatic rings. The van der Waals surface area contributed by atoms with Crippen LogP contribution >= 0.6 is 0 Å². The minimum atomic E-state index is 0.872. The third kappa shape index (κ3) is 7.51. The first-order valence-electron chi connectivity index (χ1n) is 9.09. The largest absolute Gasteiger partial charge is 0.497 e. The van der Waals surface area contributed by atoms with Crippen molar-refractivity contribution in [2.24, 2.45) is 9.98 Å². The molecule has 0 aromatic heterocycles. The minimum absolute atomic E-state index is 0.872. The standard InChI is InChI=1S/C22H28N2O2/c1-25-21-11-7-19(8-12-21)17-23-15-5-3-4-6-16-24-18-20-9-13-22(26-2)14-10-20/h7-14,17-18H,3-6,15-16H2,1-2H3/b23-17+,24-18+. The fraction of sp³-hybridized carbons (Fsp3) is 0.364. The molecule has 2 rings (SSSR count). The SMILES string of the molecule is COc1ccc(/C=N/CCCCCC/N=C/c2ccc(OC)cc2)cc1. The molecule has 0 spiro atoms. The van der Waals surface area contributed by atoms with Crippen LogP contribution in [-0.4, -0.2) is 39.7 Å². The van der Waals surface area contributed by atoms with E-state index in [2.05, 4.69) is 9.98 Å². The van der Waals surface area contributed by atoms with Crippen LogP contribution in [0.15, 0.2) is 58.5 Å². The van der Waals surface area contributed by atoms with E-state index in [0.717, 1.165) is 48.6 Å². The molecule has 26 heavy (non-hydrogen) atoms. The van der Waals surface area contributed by atoms with E-state index < -0.39 is 0 Å². The highest BCUT2D eigenvalue weighted by Gasteiger charge is 1.93. The zero-order valence-electron chi connectivity index (χ0n) is 15.7. The summed E-state index contributed by atoms with van der Waals surface area (Å²) in [6.45, 7) is 1.75. The summed E-state index contributed by atoms with van der Waals surface area (Å²) in [7, 11) is 3.35. The molecule has 0 aliphatic heterocycles. The van der Waals surface area contributed by atoms with E-state index >= 15 is 0 Å². The number of unbranched alkanes of at least 4 members (excludes halogenated alkanes) is 3. The summed E-state index contributed by atoms with van der Waals surface area (Å²) in [5, 5.41) is 0. The van der Waals surface area contributed by atoms with Crippen molar-refractivity contribution in [3.05, 3.63) is 59.7 Å². The summed E-state index contributed by atoms with van der Waals surface area (Å²) in [4.78, 5) is 8.96. The Morgan fingerprint density at radius 2 is 1.00 bits per heavy atom. The summed E-state index contributed by atoms with van der Waals surface area (Å²) in [6.07, 6.45) is 8.48. The first-order valence-corrected chi connectivity index (χ1v) is 9.09. The lowest BCUT2D eigenvalue weighted by Crippen LogP contribution is -1.89. The van der Waals surface area contributed by atoms with Gasteiger partial charge in [-0.3, -0.25) is 9.98 Å². The third-order valence-electron chi connectivity index (χ3n) is 4.04. The van der Waals surface area contributed by atoms with Gasteiger partial charge in [-0.15, -0.1) is 0 Å². The Balaban J connectivity index is 1.52. The van der Waals surface area contributed by atoms with Gasteiger partial charge in [-0.1, -0.05) is 12.8 Å². The van der Waals surface area contributed by atoms with Crippen molar-refractivity contribution < 1.29 is 9.47 Å². The third-order valence-corrected chi connectivity index (χ3v) is 4.04. The lowest BCUT2D eigenvalue weighted by molar-refractivity contribution is 0.414. The van der Waals surface area contributed by atoms with Crippen LogP contribution in [0.1, 0.15) is 36.8 Å². The number of rotatable bonds is 11. The van der Waals surface area contributed by atoms with Gasteiger partial charge in [0.25, 0.3) is 0 Å². The summed E-state index contributed by atoms with van der Waals surface area (Å²) in [6, 6.07) is 15.9. The average Bonchev–Trinajstić information content (AvgIpc) is 2.70. The lowest BCUT2D eigenvalue weighted by atomic mass is 10.2. The molecule has 0 saturated carbocycles. The Kier molecular flexibility index (Phi) is 8.98.